The number of phenols is 1. The van der Waals surface area contributed by atoms with E-state index in [1.165, 1.54) is 17.0 Å². The molecule has 2 rings (SSSR count). The molecular formula is C32H47N3O5. The number of nitrogens with zero attached hydrogens (tertiary/aromatic N) is 1. The van der Waals surface area contributed by atoms with Gasteiger partial charge in [0.25, 0.3) is 5.91 Å². The zero-order chi connectivity index (χ0) is 29.9. The van der Waals surface area contributed by atoms with Crippen LogP contribution in [0.4, 0.5) is 10.5 Å². The lowest BCUT2D eigenvalue weighted by molar-refractivity contribution is -0.141. The fourth-order valence-corrected chi connectivity index (χ4v) is 4.46. The van der Waals surface area contributed by atoms with E-state index in [0.29, 0.717) is 24.2 Å². The van der Waals surface area contributed by atoms with Crippen LogP contribution in [0.3, 0.4) is 0 Å². The summed E-state index contributed by atoms with van der Waals surface area (Å²) < 4.78 is 5.44. The Morgan fingerprint density at radius 3 is 2.25 bits per heavy atom. The molecule has 0 saturated heterocycles. The summed E-state index contributed by atoms with van der Waals surface area (Å²) in [4.78, 5) is 42.5. The summed E-state index contributed by atoms with van der Waals surface area (Å²) in [6.07, 6.45) is 4.09. The number of aryl methyl sites for hydroxylation is 1. The van der Waals surface area contributed by atoms with Gasteiger partial charge in [0.1, 0.15) is 23.4 Å². The largest absolute Gasteiger partial charge is 0.508 e. The van der Waals surface area contributed by atoms with Gasteiger partial charge in [0.05, 0.1) is 0 Å². The van der Waals surface area contributed by atoms with Crippen molar-refractivity contribution in [3.8, 4) is 5.75 Å². The van der Waals surface area contributed by atoms with E-state index in [9.17, 15) is 19.5 Å². The highest BCUT2D eigenvalue weighted by atomic mass is 16.6. The van der Waals surface area contributed by atoms with Crippen LogP contribution in [0.2, 0.25) is 0 Å². The summed E-state index contributed by atoms with van der Waals surface area (Å²) in [5.41, 5.74) is 1.27. The number of rotatable bonds is 13. The van der Waals surface area contributed by atoms with Gasteiger partial charge in [0.2, 0.25) is 5.91 Å². The molecule has 0 saturated carbocycles. The predicted molar refractivity (Wildman–Crippen MR) is 159 cm³/mol. The third-order valence-electron chi connectivity index (χ3n) is 6.54. The highest BCUT2D eigenvalue weighted by Crippen LogP contribution is 2.29. The van der Waals surface area contributed by atoms with Crippen molar-refractivity contribution in [1.29, 1.82) is 0 Å². The van der Waals surface area contributed by atoms with Gasteiger partial charge in [-0.3, -0.25) is 9.59 Å². The topological polar surface area (TPSA) is 108 Å². The van der Waals surface area contributed by atoms with E-state index in [2.05, 4.69) is 17.6 Å². The third kappa shape index (κ3) is 10.2. The molecule has 0 aliphatic rings. The fourth-order valence-electron chi connectivity index (χ4n) is 4.46. The first-order valence-corrected chi connectivity index (χ1v) is 14.3. The Balaban J connectivity index is 2.52. The maximum absolute atomic E-state index is 14.2. The number of aromatic hydroxyl groups is 1. The number of carbonyl (C=O) groups excluding carboxylic acids is 3. The van der Waals surface area contributed by atoms with E-state index in [0.717, 1.165) is 31.2 Å². The quantitative estimate of drug-likeness (QED) is 0.238. The Hall–Kier alpha value is -3.55. The molecule has 0 spiro atoms. The van der Waals surface area contributed by atoms with E-state index in [4.69, 9.17) is 4.74 Å². The molecule has 0 aliphatic heterocycles. The van der Waals surface area contributed by atoms with E-state index in [-0.39, 0.29) is 17.6 Å². The highest BCUT2D eigenvalue weighted by molar-refractivity contribution is 5.99. The number of hydrogen-bond donors (Lipinski definition) is 3. The standard InChI is InChI=1S/C32H47N3O5/c1-8-9-10-11-14-20-35(30(38)27(22(2)3)34-31(39)40-32(5,6)7)28(24-17-15-18-25(36)21-24)29(37)33-26-19-13-12-16-23(26)4/h12-13,15-19,21-22,27-28,36H,8-11,14,20H2,1-7H3,(H,33,37)(H,34,39). The van der Waals surface area contributed by atoms with Crippen molar-refractivity contribution in [2.75, 3.05) is 11.9 Å². The summed E-state index contributed by atoms with van der Waals surface area (Å²) in [7, 11) is 0. The van der Waals surface area contributed by atoms with Crippen molar-refractivity contribution in [2.24, 2.45) is 5.92 Å². The fraction of sp³-hybridized carbons (Fsp3) is 0.531. The van der Waals surface area contributed by atoms with Gasteiger partial charge in [0, 0.05) is 12.2 Å². The molecule has 0 fully saturated rings. The normalized spacial score (nSPS) is 12.9. The minimum absolute atomic E-state index is 0.00572. The average Bonchev–Trinajstić information content (AvgIpc) is 2.86. The number of para-hydroxylation sites is 1. The van der Waals surface area contributed by atoms with Crippen molar-refractivity contribution in [2.45, 2.75) is 98.3 Å². The maximum atomic E-state index is 14.2. The number of nitrogens with one attached hydrogen (secondary N) is 2. The van der Waals surface area contributed by atoms with Crippen molar-refractivity contribution in [3.05, 3.63) is 59.7 Å². The van der Waals surface area contributed by atoms with Gasteiger partial charge in [-0.2, -0.15) is 0 Å². The lowest BCUT2D eigenvalue weighted by Gasteiger charge is -2.35. The monoisotopic (exact) mass is 553 g/mol. The number of carbonyl (C=O) groups is 3. The van der Waals surface area contributed by atoms with Gasteiger partial charge >= 0.3 is 6.09 Å². The first-order chi connectivity index (χ1) is 18.8. The van der Waals surface area contributed by atoms with Crippen LogP contribution in [0, 0.1) is 12.8 Å². The first-order valence-electron chi connectivity index (χ1n) is 14.3. The van der Waals surface area contributed by atoms with Crippen LogP contribution in [-0.4, -0.2) is 46.1 Å². The molecule has 2 aromatic rings. The van der Waals surface area contributed by atoms with Crippen molar-refractivity contribution in [3.63, 3.8) is 0 Å². The first kappa shape index (κ1) is 32.7. The zero-order valence-corrected chi connectivity index (χ0v) is 25.1. The smallest absolute Gasteiger partial charge is 0.408 e. The Labute approximate surface area is 239 Å². The van der Waals surface area contributed by atoms with Crippen LogP contribution < -0.4 is 10.6 Å². The van der Waals surface area contributed by atoms with Gasteiger partial charge in [-0.25, -0.2) is 4.79 Å². The highest BCUT2D eigenvalue weighted by Gasteiger charge is 2.37. The molecule has 0 aromatic heterocycles. The van der Waals surface area contributed by atoms with Crippen LogP contribution in [0.25, 0.3) is 0 Å². The number of amides is 3. The third-order valence-corrected chi connectivity index (χ3v) is 6.54. The van der Waals surface area contributed by atoms with Crippen LogP contribution in [0.1, 0.15) is 90.8 Å². The minimum Gasteiger partial charge on any atom is -0.508 e. The Morgan fingerprint density at radius 1 is 0.975 bits per heavy atom. The summed E-state index contributed by atoms with van der Waals surface area (Å²) >= 11 is 0. The molecule has 3 amide bonds. The second kappa shape index (κ2) is 15.3. The van der Waals surface area contributed by atoms with Crippen molar-refractivity contribution >= 4 is 23.6 Å². The van der Waals surface area contributed by atoms with Crippen LogP contribution in [-0.2, 0) is 14.3 Å². The second-order valence-corrected chi connectivity index (χ2v) is 11.6. The molecular weight excluding hydrogens is 506 g/mol. The predicted octanol–water partition coefficient (Wildman–Crippen LogP) is 6.73. The van der Waals surface area contributed by atoms with Gasteiger partial charge in [0.15, 0.2) is 0 Å². The molecule has 8 heteroatoms. The summed E-state index contributed by atoms with van der Waals surface area (Å²) in [5, 5.41) is 16.0. The SMILES string of the molecule is CCCCCCCN(C(=O)C(NC(=O)OC(C)(C)C)C(C)C)C(C(=O)Nc1ccccc1C)c1cccc(O)c1. The molecule has 8 nitrogen and oxygen atoms in total. The molecule has 3 N–H and O–H groups in total. The Kier molecular flexibility index (Phi) is 12.5. The summed E-state index contributed by atoms with van der Waals surface area (Å²) in [6, 6.07) is 11.9. The molecule has 0 radical (unpaired) electrons. The molecule has 2 unspecified atom stereocenters. The van der Waals surface area contributed by atoms with E-state index < -0.39 is 29.7 Å². The molecule has 220 valence electrons. The summed E-state index contributed by atoms with van der Waals surface area (Å²) in [6.45, 7) is 13.3. The summed E-state index contributed by atoms with van der Waals surface area (Å²) in [5.74, 6) is -1.06. The molecule has 0 heterocycles. The van der Waals surface area contributed by atoms with E-state index in [1.54, 1.807) is 32.9 Å². The average molecular weight is 554 g/mol. The number of benzene rings is 2. The molecule has 0 aliphatic carbocycles. The lowest BCUT2D eigenvalue weighted by Crippen LogP contribution is -2.54. The van der Waals surface area contributed by atoms with E-state index in [1.807, 2.05) is 45.0 Å². The van der Waals surface area contributed by atoms with Crippen LogP contribution in [0.5, 0.6) is 5.75 Å². The van der Waals surface area contributed by atoms with Gasteiger partial charge in [-0.1, -0.05) is 76.8 Å². The zero-order valence-electron chi connectivity index (χ0n) is 25.1. The Bertz CT molecular complexity index is 1130. The molecule has 2 aromatic carbocycles. The van der Waals surface area contributed by atoms with Gasteiger partial charge in [-0.05, 0) is 69.4 Å². The number of phenolic OH excluding ortho intramolecular Hbond substituents is 1. The number of ether oxygens (including phenoxy) is 1. The Morgan fingerprint density at radius 2 is 1.65 bits per heavy atom. The van der Waals surface area contributed by atoms with Gasteiger partial charge in [-0.15, -0.1) is 0 Å². The maximum Gasteiger partial charge on any atom is 0.408 e. The van der Waals surface area contributed by atoms with Crippen LogP contribution >= 0.6 is 0 Å². The molecule has 0 bridgehead atoms. The van der Waals surface area contributed by atoms with E-state index >= 15 is 0 Å². The van der Waals surface area contributed by atoms with Gasteiger partial charge < -0.3 is 25.4 Å². The molecule has 40 heavy (non-hydrogen) atoms. The number of alkyl carbamates (subject to hydrolysis) is 1. The number of unbranched alkanes of at least 4 members (excludes halogenated alkanes) is 4. The minimum atomic E-state index is -1.04. The number of hydrogen-bond acceptors (Lipinski definition) is 5. The van der Waals surface area contributed by atoms with Crippen LogP contribution in [0.15, 0.2) is 48.5 Å². The van der Waals surface area contributed by atoms with Crippen molar-refractivity contribution < 1.29 is 24.2 Å². The molecule has 2 atom stereocenters. The second-order valence-electron chi connectivity index (χ2n) is 11.6. The number of anilines is 1. The lowest BCUT2D eigenvalue weighted by atomic mass is 9.98. The van der Waals surface area contributed by atoms with Crippen molar-refractivity contribution in [1.82, 2.24) is 10.2 Å².